The van der Waals surface area contributed by atoms with Gasteiger partial charge < -0.3 is 10.5 Å². The minimum atomic E-state index is -0.354. The van der Waals surface area contributed by atoms with E-state index >= 15 is 0 Å². The van der Waals surface area contributed by atoms with Crippen LogP contribution in [0, 0.1) is 6.92 Å². The molecule has 2 rings (SSSR count). The Kier molecular flexibility index (Phi) is 5.28. The van der Waals surface area contributed by atoms with Crippen molar-refractivity contribution in [3.8, 4) is 0 Å². The summed E-state index contributed by atoms with van der Waals surface area (Å²) in [7, 11) is 0. The van der Waals surface area contributed by atoms with E-state index in [0.29, 0.717) is 17.9 Å². The van der Waals surface area contributed by atoms with Crippen molar-refractivity contribution in [3.05, 3.63) is 53.6 Å². The van der Waals surface area contributed by atoms with E-state index in [9.17, 15) is 4.79 Å². The minimum absolute atomic E-state index is 0.354. The maximum atomic E-state index is 12.1. The second kappa shape index (κ2) is 7.18. The molecule has 2 N–H and O–H groups in total. The second-order valence-corrected chi connectivity index (χ2v) is 5.90. The van der Waals surface area contributed by atoms with Gasteiger partial charge in [-0.25, -0.2) is 4.79 Å². The van der Waals surface area contributed by atoms with Crippen LogP contribution in [0.5, 0.6) is 0 Å². The van der Waals surface area contributed by atoms with E-state index < -0.39 is 0 Å². The third-order valence-electron chi connectivity index (χ3n) is 3.00. The number of carbonyl (C=O) groups excluding carboxylic acids is 1. The first-order chi connectivity index (χ1) is 10.1. The molecular weight excluding hydrogens is 282 g/mol. The Morgan fingerprint density at radius 3 is 2.57 bits per heavy atom. The molecule has 0 aromatic heterocycles. The summed E-state index contributed by atoms with van der Waals surface area (Å²) in [6, 6.07) is 13.8. The number of anilines is 1. The molecule has 3 nitrogen and oxygen atoms in total. The van der Waals surface area contributed by atoms with Crippen LogP contribution in [0.4, 0.5) is 5.69 Å². The summed E-state index contributed by atoms with van der Waals surface area (Å²) >= 11 is 1.60. The molecule has 0 atom stereocenters. The molecule has 0 aliphatic carbocycles. The average molecular weight is 301 g/mol. The zero-order valence-corrected chi connectivity index (χ0v) is 13.1. The molecule has 0 fully saturated rings. The fraction of sp³-hybridized carbons (Fsp3) is 0.235. The Hall–Kier alpha value is -1.94. The van der Waals surface area contributed by atoms with E-state index in [0.717, 1.165) is 21.8 Å². The number of rotatable bonds is 5. The molecule has 0 radical (unpaired) electrons. The first-order valence-corrected chi connectivity index (χ1v) is 7.73. The van der Waals surface area contributed by atoms with E-state index in [1.807, 2.05) is 50.2 Å². The normalized spacial score (nSPS) is 10.4. The topological polar surface area (TPSA) is 52.3 Å². The molecule has 0 aliphatic heterocycles. The van der Waals surface area contributed by atoms with Gasteiger partial charge in [0, 0.05) is 15.5 Å². The van der Waals surface area contributed by atoms with Crippen molar-refractivity contribution in [2.24, 2.45) is 0 Å². The van der Waals surface area contributed by atoms with Crippen molar-refractivity contribution in [2.75, 3.05) is 12.3 Å². The molecule has 0 bridgehead atoms. The summed E-state index contributed by atoms with van der Waals surface area (Å²) in [6.45, 7) is 4.28. The SMILES string of the molecule is CCCOC(=O)c1cc(Sc2ccccc2)cc(C)c1N. The van der Waals surface area contributed by atoms with Crippen LogP contribution in [0.25, 0.3) is 0 Å². The Labute approximate surface area is 129 Å². The molecule has 21 heavy (non-hydrogen) atoms. The van der Waals surface area contributed by atoms with E-state index in [1.54, 1.807) is 17.8 Å². The van der Waals surface area contributed by atoms with Crippen LogP contribution in [0.15, 0.2) is 52.3 Å². The average Bonchev–Trinajstić information content (AvgIpc) is 2.49. The summed E-state index contributed by atoms with van der Waals surface area (Å²) in [5.41, 5.74) is 7.84. The summed E-state index contributed by atoms with van der Waals surface area (Å²) in [5.74, 6) is -0.354. The van der Waals surface area contributed by atoms with E-state index in [2.05, 4.69) is 0 Å². The lowest BCUT2D eigenvalue weighted by atomic mass is 10.1. The van der Waals surface area contributed by atoms with Crippen LogP contribution in [-0.4, -0.2) is 12.6 Å². The lowest BCUT2D eigenvalue weighted by Gasteiger charge is -2.11. The molecule has 0 heterocycles. The van der Waals surface area contributed by atoms with Crippen LogP contribution in [-0.2, 0) is 4.74 Å². The van der Waals surface area contributed by atoms with Gasteiger partial charge in [-0.05, 0) is 43.2 Å². The van der Waals surface area contributed by atoms with Crippen LogP contribution in [0.2, 0.25) is 0 Å². The molecule has 0 amide bonds. The highest BCUT2D eigenvalue weighted by Crippen LogP contribution is 2.32. The summed E-state index contributed by atoms with van der Waals surface area (Å²) < 4.78 is 5.19. The summed E-state index contributed by atoms with van der Waals surface area (Å²) in [6.07, 6.45) is 0.795. The fourth-order valence-corrected chi connectivity index (χ4v) is 2.87. The van der Waals surface area contributed by atoms with Gasteiger partial charge in [-0.2, -0.15) is 0 Å². The Balaban J connectivity index is 2.28. The van der Waals surface area contributed by atoms with Crippen molar-refractivity contribution in [2.45, 2.75) is 30.1 Å². The van der Waals surface area contributed by atoms with Crippen molar-refractivity contribution in [1.29, 1.82) is 0 Å². The summed E-state index contributed by atoms with van der Waals surface area (Å²) in [4.78, 5) is 14.2. The predicted molar refractivity (Wildman–Crippen MR) is 86.7 cm³/mol. The van der Waals surface area contributed by atoms with Gasteiger partial charge in [0.15, 0.2) is 0 Å². The maximum Gasteiger partial charge on any atom is 0.340 e. The molecule has 2 aromatic carbocycles. The van der Waals surface area contributed by atoms with Crippen LogP contribution < -0.4 is 5.73 Å². The number of aryl methyl sites for hydroxylation is 1. The number of benzene rings is 2. The Morgan fingerprint density at radius 2 is 1.90 bits per heavy atom. The van der Waals surface area contributed by atoms with Gasteiger partial charge in [0.25, 0.3) is 0 Å². The minimum Gasteiger partial charge on any atom is -0.462 e. The van der Waals surface area contributed by atoms with Gasteiger partial charge in [0.2, 0.25) is 0 Å². The quantitative estimate of drug-likeness (QED) is 0.661. The number of carbonyl (C=O) groups is 1. The largest absolute Gasteiger partial charge is 0.462 e. The van der Waals surface area contributed by atoms with Crippen molar-refractivity contribution < 1.29 is 9.53 Å². The van der Waals surface area contributed by atoms with Gasteiger partial charge >= 0.3 is 5.97 Å². The molecule has 2 aromatic rings. The van der Waals surface area contributed by atoms with Crippen LogP contribution in [0.1, 0.15) is 29.3 Å². The van der Waals surface area contributed by atoms with Crippen molar-refractivity contribution in [3.63, 3.8) is 0 Å². The number of hydrogen-bond donors (Lipinski definition) is 1. The van der Waals surface area contributed by atoms with Gasteiger partial charge in [-0.1, -0.05) is 36.9 Å². The van der Waals surface area contributed by atoms with Gasteiger partial charge in [0.1, 0.15) is 0 Å². The number of ether oxygens (including phenoxy) is 1. The molecule has 110 valence electrons. The molecule has 0 saturated carbocycles. The van der Waals surface area contributed by atoms with Crippen LogP contribution >= 0.6 is 11.8 Å². The fourth-order valence-electron chi connectivity index (χ4n) is 1.89. The van der Waals surface area contributed by atoms with Gasteiger partial charge in [-0.15, -0.1) is 0 Å². The number of hydrogen-bond acceptors (Lipinski definition) is 4. The molecule has 0 spiro atoms. The number of nitrogen functional groups attached to an aromatic ring is 1. The Morgan fingerprint density at radius 1 is 1.19 bits per heavy atom. The molecule has 4 heteroatoms. The number of esters is 1. The maximum absolute atomic E-state index is 12.1. The lowest BCUT2D eigenvalue weighted by Crippen LogP contribution is -2.10. The zero-order chi connectivity index (χ0) is 15.2. The van der Waals surface area contributed by atoms with Gasteiger partial charge in [-0.3, -0.25) is 0 Å². The molecule has 0 saturated heterocycles. The smallest absolute Gasteiger partial charge is 0.340 e. The van der Waals surface area contributed by atoms with E-state index in [1.165, 1.54) is 0 Å². The molecular formula is C17H19NO2S. The summed E-state index contributed by atoms with van der Waals surface area (Å²) in [5, 5.41) is 0. The van der Waals surface area contributed by atoms with Crippen LogP contribution in [0.3, 0.4) is 0 Å². The standard InChI is InChI=1S/C17H19NO2S/c1-3-9-20-17(19)15-11-14(10-12(2)16(15)18)21-13-7-5-4-6-8-13/h4-8,10-11H,3,9,18H2,1-2H3. The zero-order valence-electron chi connectivity index (χ0n) is 12.3. The predicted octanol–water partition coefficient (Wildman–Crippen LogP) is 4.30. The lowest BCUT2D eigenvalue weighted by molar-refractivity contribution is 0.0506. The monoisotopic (exact) mass is 301 g/mol. The van der Waals surface area contributed by atoms with Crippen molar-refractivity contribution in [1.82, 2.24) is 0 Å². The highest BCUT2D eigenvalue weighted by molar-refractivity contribution is 7.99. The first kappa shape index (κ1) is 15.4. The van der Waals surface area contributed by atoms with E-state index in [4.69, 9.17) is 10.5 Å². The third kappa shape index (κ3) is 4.02. The Bertz CT molecular complexity index is 626. The third-order valence-corrected chi connectivity index (χ3v) is 3.98. The second-order valence-electron chi connectivity index (χ2n) is 4.75. The van der Waals surface area contributed by atoms with Gasteiger partial charge in [0.05, 0.1) is 12.2 Å². The molecule has 0 aliphatic rings. The molecule has 0 unspecified atom stereocenters. The first-order valence-electron chi connectivity index (χ1n) is 6.92. The van der Waals surface area contributed by atoms with Crippen molar-refractivity contribution >= 4 is 23.4 Å². The number of nitrogens with two attached hydrogens (primary N) is 1. The highest BCUT2D eigenvalue weighted by atomic mass is 32.2. The highest BCUT2D eigenvalue weighted by Gasteiger charge is 2.14. The van der Waals surface area contributed by atoms with E-state index in [-0.39, 0.29) is 5.97 Å².